The van der Waals surface area contributed by atoms with Gasteiger partial charge in [-0.2, -0.15) is 10.2 Å². The summed E-state index contributed by atoms with van der Waals surface area (Å²) < 4.78 is 0.421. The van der Waals surface area contributed by atoms with Gasteiger partial charge in [0.25, 0.3) is 0 Å². The molecule has 2 aromatic carbocycles. The molecule has 0 amide bonds. The highest BCUT2D eigenvalue weighted by molar-refractivity contribution is 5.88. The van der Waals surface area contributed by atoms with Gasteiger partial charge in [0, 0.05) is 11.9 Å². The Kier molecular flexibility index (Phi) is 3.99. The van der Waals surface area contributed by atoms with E-state index >= 15 is 0 Å². The molecule has 0 aliphatic heterocycles. The second-order valence-corrected chi connectivity index (χ2v) is 5.83. The molecule has 2 N–H and O–H groups in total. The molecule has 0 atom stereocenters. The summed E-state index contributed by atoms with van der Waals surface area (Å²) in [5.74, 6) is 0.302. The fourth-order valence-corrected chi connectivity index (χ4v) is 2.82. The van der Waals surface area contributed by atoms with Gasteiger partial charge in [-0.05, 0) is 47.5 Å². The van der Waals surface area contributed by atoms with Gasteiger partial charge in [-0.3, -0.25) is 0 Å². The summed E-state index contributed by atoms with van der Waals surface area (Å²) in [6.45, 7) is 0. The topological polar surface area (TPSA) is 104 Å². The molecule has 2 heterocycles. The Morgan fingerprint density at radius 2 is 1.81 bits per heavy atom. The Bertz CT molecular complexity index is 1260. The molecule has 27 heavy (non-hydrogen) atoms. The maximum Gasteiger partial charge on any atom is 0.384 e. The van der Waals surface area contributed by atoms with Crippen LogP contribution in [0.3, 0.4) is 0 Å². The summed E-state index contributed by atoms with van der Waals surface area (Å²) in [5, 5.41) is 22.5. The molecule has 7 heteroatoms. The van der Waals surface area contributed by atoms with Crippen molar-refractivity contribution in [1.29, 1.82) is 5.26 Å². The zero-order valence-corrected chi connectivity index (χ0v) is 14.0. The van der Waals surface area contributed by atoms with Crippen LogP contribution in [0, 0.1) is 11.3 Å². The van der Waals surface area contributed by atoms with Gasteiger partial charge in [0.1, 0.15) is 5.82 Å². The number of hydrogen-bond acceptors (Lipinski definition) is 6. The van der Waals surface area contributed by atoms with Crippen LogP contribution in [0.15, 0.2) is 71.7 Å². The number of nitriles is 1. The van der Waals surface area contributed by atoms with Crippen LogP contribution in [0.1, 0.15) is 5.56 Å². The summed E-state index contributed by atoms with van der Waals surface area (Å²) in [7, 11) is 0. The third-order valence-corrected chi connectivity index (χ3v) is 4.08. The molecule has 2 aromatic heterocycles. The molecule has 0 radical (unpaired) electrons. The first kappa shape index (κ1) is 16.3. The zero-order chi connectivity index (χ0) is 18.8. The van der Waals surface area contributed by atoms with E-state index in [1.807, 2.05) is 42.5 Å². The van der Waals surface area contributed by atoms with Crippen LogP contribution >= 0.6 is 0 Å². The number of pyridine rings is 1. The van der Waals surface area contributed by atoms with Crippen molar-refractivity contribution in [3.63, 3.8) is 0 Å². The lowest BCUT2D eigenvalue weighted by Crippen LogP contribution is -2.23. The van der Waals surface area contributed by atoms with Gasteiger partial charge in [-0.15, -0.1) is 4.73 Å². The molecule has 4 aromatic rings. The third kappa shape index (κ3) is 3.07. The molecule has 7 nitrogen and oxygen atoms in total. The predicted octanol–water partition coefficient (Wildman–Crippen LogP) is 3.31. The molecule has 130 valence electrons. The standard InChI is InChI=1S/C20H13N5O2/c21-12-13-4-1-5-14(10-13)15-6-2-7-16(11-15)23-18-17-8-3-9-22-19(17)25(27)20(26)24-18/h1-11,27H,(H,23,24,26). The van der Waals surface area contributed by atoms with Crippen LogP contribution < -0.4 is 11.0 Å². The van der Waals surface area contributed by atoms with E-state index < -0.39 is 5.69 Å². The summed E-state index contributed by atoms with van der Waals surface area (Å²) >= 11 is 0. The number of anilines is 2. The predicted molar refractivity (Wildman–Crippen MR) is 101 cm³/mol. The SMILES string of the molecule is N#Cc1cccc(-c2cccc(Nc3nc(=O)n(O)c4ncccc34)c2)c1. The van der Waals surface area contributed by atoms with Gasteiger partial charge in [0.15, 0.2) is 5.65 Å². The first-order valence-corrected chi connectivity index (χ1v) is 8.10. The first-order chi connectivity index (χ1) is 13.2. The van der Waals surface area contributed by atoms with Crippen LogP contribution in [0.2, 0.25) is 0 Å². The Morgan fingerprint density at radius 1 is 1.04 bits per heavy atom. The molecule has 0 spiro atoms. The van der Waals surface area contributed by atoms with Gasteiger partial charge in [0.2, 0.25) is 0 Å². The fraction of sp³-hybridized carbons (Fsp3) is 0. The lowest BCUT2D eigenvalue weighted by atomic mass is 10.0. The van der Waals surface area contributed by atoms with E-state index in [1.165, 1.54) is 6.20 Å². The van der Waals surface area contributed by atoms with Gasteiger partial charge < -0.3 is 10.5 Å². The Labute approximate surface area is 153 Å². The second kappa shape index (κ2) is 6.61. The number of fused-ring (bicyclic) bond motifs is 1. The summed E-state index contributed by atoms with van der Waals surface area (Å²) in [6, 6.07) is 20.4. The highest BCUT2D eigenvalue weighted by Gasteiger charge is 2.11. The average Bonchev–Trinajstić information content (AvgIpc) is 2.72. The van der Waals surface area contributed by atoms with Gasteiger partial charge in [-0.25, -0.2) is 9.78 Å². The first-order valence-electron chi connectivity index (χ1n) is 8.10. The van der Waals surface area contributed by atoms with E-state index in [0.717, 1.165) is 11.1 Å². The maximum absolute atomic E-state index is 11.9. The Hall–Kier alpha value is -4.18. The minimum absolute atomic E-state index is 0.123. The molecule has 4 rings (SSSR count). The van der Waals surface area contributed by atoms with E-state index in [1.54, 1.807) is 18.2 Å². The van der Waals surface area contributed by atoms with Crippen LogP contribution in [0.5, 0.6) is 0 Å². The summed E-state index contributed by atoms with van der Waals surface area (Å²) in [4.78, 5) is 19.8. The van der Waals surface area contributed by atoms with Crippen molar-refractivity contribution in [2.75, 3.05) is 5.32 Å². The third-order valence-electron chi connectivity index (χ3n) is 4.08. The minimum Gasteiger partial charge on any atom is -0.422 e. The number of nitrogens with one attached hydrogen (secondary N) is 1. The number of nitrogens with zero attached hydrogens (tertiary/aromatic N) is 4. The Balaban J connectivity index is 1.77. The Morgan fingerprint density at radius 3 is 2.63 bits per heavy atom. The molecule has 0 aliphatic carbocycles. The summed E-state index contributed by atoms with van der Waals surface area (Å²) in [6.07, 6.45) is 1.49. The molecule has 0 fully saturated rings. The molecular formula is C20H13N5O2. The molecule has 0 saturated carbocycles. The van der Waals surface area contributed by atoms with E-state index in [-0.39, 0.29) is 5.65 Å². The average molecular weight is 355 g/mol. The fourth-order valence-electron chi connectivity index (χ4n) is 2.82. The van der Waals surface area contributed by atoms with Crippen LogP contribution in [-0.4, -0.2) is 19.9 Å². The van der Waals surface area contributed by atoms with Crippen molar-refractivity contribution < 1.29 is 5.21 Å². The van der Waals surface area contributed by atoms with Crippen molar-refractivity contribution in [3.8, 4) is 17.2 Å². The largest absolute Gasteiger partial charge is 0.422 e. The van der Waals surface area contributed by atoms with E-state index in [0.29, 0.717) is 27.2 Å². The van der Waals surface area contributed by atoms with Crippen molar-refractivity contribution in [3.05, 3.63) is 82.9 Å². The number of benzene rings is 2. The van der Waals surface area contributed by atoms with Gasteiger partial charge in [0.05, 0.1) is 17.0 Å². The molecule has 0 aliphatic rings. The second-order valence-electron chi connectivity index (χ2n) is 5.83. The quantitative estimate of drug-likeness (QED) is 0.546. The molecule has 0 saturated heterocycles. The van der Waals surface area contributed by atoms with E-state index in [4.69, 9.17) is 5.26 Å². The molecule has 0 bridgehead atoms. The smallest absolute Gasteiger partial charge is 0.384 e. The van der Waals surface area contributed by atoms with Gasteiger partial charge >= 0.3 is 5.69 Å². The number of rotatable bonds is 3. The summed E-state index contributed by atoms with van der Waals surface area (Å²) in [5.41, 5.74) is 2.41. The number of hydrogen-bond donors (Lipinski definition) is 2. The lowest BCUT2D eigenvalue weighted by Gasteiger charge is -2.11. The van der Waals surface area contributed by atoms with Gasteiger partial charge in [-0.1, -0.05) is 24.3 Å². The van der Waals surface area contributed by atoms with Crippen LogP contribution in [0.25, 0.3) is 22.2 Å². The monoisotopic (exact) mass is 355 g/mol. The van der Waals surface area contributed by atoms with E-state index in [9.17, 15) is 10.0 Å². The lowest BCUT2D eigenvalue weighted by molar-refractivity contribution is 0.182. The number of aromatic nitrogens is 3. The highest BCUT2D eigenvalue weighted by atomic mass is 16.5. The van der Waals surface area contributed by atoms with E-state index in [2.05, 4.69) is 21.4 Å². The molecular weight excluding hydrogens is 342 g/mol. The minimum atomic E-state index is -0.818. The highest BCUT2D eigenvalue weighted by Crippen LogP contribution is 2.26. The maximum atomic E-state index is 11.9. The van der Waals surface area contributed by atoms with Crippen molar-refractivity contribution in [2.24, 2.45) is 0 Å². The van der Waals surface area contributed by atoms with Crippen molar-refractivity contribution >= 4 is 22.5 Å². The van der Waals surface area contributed by atoms with Crippen molar-refractivity contribution in [1.82, 2.24) is 14.7 Å². The molecule has 0 unspecified atom stereocenters. The van der Waals surface area contributed by atoms with Crippen LogP contribution in [-0.2, 0) is 0 Å². The van der Waals surface area contributed by atoms with Crippen molar-refractivity contribution in [2.45, 2.75) is 0 Å². The zero-order valence-electron chi connectivity index (χ0n) is 14.0. The van der Waals surface area contributed by atoms with Crippen LogP contribution in [0.4, 0.5) is 11.5 Å². The normalized spacial score (nSPS) is 10.5.